The van der Waals surface area contributed by atoms with E-state index in [9.17, 15) is 0 Å². The molecule has 1 atom stereocenters. The topological polar surface area (TPSA) is 82.5 Å². The molecule has 5 N–H and O–H groups in total. The van der Waals surface area contributed by atoms with Crippen LogP contribution >= 0.6 is 0 Å². The first kappa shape index (κ1) is 18.0. The fourth-order valence-corrected chi connectivity index (χ4v) is 4.91. The summed E-state index contributed by atoms with van der Waals surface area (Å²) in [5.41, 5.74) is 11.1. The fraction of sp³-hybridized carbons (Fsp3) is 1.00. The van der Waals surface area contributed by atoms with Crippen LogP contribution in [0.4, 0.5) is 0 Å². The Hall–Kier alpha value is 0.0169. The maximum atomic E-state index is 5.72. The molecule has 0 aliphatic rings. The lowest BCUT2D eigenvalue weighted by Crippen LogP contribution is -2.38. The summed E-state index contributed by atoms with van der Waals surface area (Å²) in [7, 11) is -1.08. The second-order valence-corrected chi connectivity index (χ2v) is 7.52. The van der Waals surface area contributed by atoms with E-state index in [2.05, 4.69) is 5.32 Å². The van der Waals surface area contributed by atoms with E-state index in [-0.39, 0.29) is 5.91 Å². The number of hydrogen-bond acceptors (Lipinski definition) is 5. The third-order valence-corrected chi connectivity index (χ3v) is 6.21. The molecule has 5 nitrogen and oxygen atoms in total. The van der Waals surface area contributed by atoms with Gasteiger partial charge in [0.2, 0.25) is 0 Å². The van der Waals surface area contributed by atoms with Gasteiger partial charge in [-0.15, -0.1) is 0 Å². The highest BCUT2D eigenvalue weighted by Gasteiger charge is 2.22. The minimum Gasteiger partial charge on any atom is -0.357 e. The molecule has 1 unspecified atom stereocenters. The molecule has 0 bridgehead atoms. The van der Waals surface area contributed by atoms with E-state index in [1.54, 1.807) is 0 Å². The van der Waals surface area contributed by atoms with Gasteiger partial charge in [-0.3, -0.25) is 0 Å². The van der Waals surface area contributed by atoms with Crippen molar-refractivity contribution in [3.63, 3.8) is 0 Å². The van der Waals surface area contributed by atoms with Crippen LogP contribution in [0.25, 0.3) is 0 Å². The van der Waals surface area contributed by atoms with Gasteiger partial charge in [0.15, 0.2) is 0 Å². The molecule has 0 aromatic heterocycles. The van der Waals surface area contributed by atoms with Crippen LogP contribution in [0.1, 0.15) is 20.3 Å². The van der Waals surface area contributed by atoms with Gasteiger partial charge in [-0.1, -0.05) is 6.04 Å². The number of hydrogen-bond donors (Lipinski definition) is 3. The highest BCUT2D eigenvalue weighted by molar-refractivity contribution is 6.59. The molecular weight excluding hydrogens is 246 g/mol. The van der Waals surface area contributed by atoms with E-state index in [1.807, 2.05) is 13.8 Å². The summed E-state index contributed by atoms with van der Waals surface area (Å²) in [5, 5.41) is 3.32. The molecule has 0 radical (unpaired) electrons. The maximum absolute atomic E-state index is 5.72. The van der Waals surface area contributed by atoms with Crippen molar-refractivity contribution >= 4 is 8.80 Å². The molecule has 18 heavy (non-hydrogen) atoms. The monoisotopic (exact) mass is 277 g/mol. The first-order valence-corrected chi connectivity index (χ1v) is 9.44. The van der Waals surface area contributed by atoms with E-state index in [4.69, 9.17) is 20.9 Å². The van der Waals surface area contributed by atoms with Crippen LogP contribution in [-0.4, -0.2) is 54.1 Å². The third kappa shape index (κ3) is 9.01. The zero-order valence-electron chi connectivity index (χ0n) is 12.0. The lowest BCUT2D eigenvalue weighted by molar-refractivity contribution is -0.0858. The zero-order valence-corrected chi connectivity index (χ0v) is 13.1. The van der Waals surface area contributed by atoms with Crippen LogP contribution in [0.15, 0.2) is 0 Å². The summed E-state index contributed by atoms with van der Waals surface area (Å²) in [5.74, 6) is 0.0260. The minimum atomic E-state index is -1.08. The van der Waals surface area contributed by atoms with Gasteiger partial charge in [0.25, 0.3) is 0 Å². The van der Waals surface area contributed by atoms with Crippen molar-refractivity contribution in [3.8, 4) is 0 Å². The van der Waals surface area contributed by atoms with Crippen LogP contribution in [0.3, 0.4) is 0 Å². The Morgan fingerprint density at radius 1 is 1.00 bits per heavy atom. The first-order valence-electron chi connectivity index (χ1n) is 7.14. The van der Waals surface area contributed by atoms with Crippen molar-refractivity contribution in [1.82, 2.24) is 5.32 Å². The van der Waals surface area contributed by atoms with Crippen molar-refractivity contribution in [2.75, 3.05) is 39.4 Å². The lowest BCUT2D eigenvalue weighted by atomic mass is 10.5. The molecule has 0 heterocycles. The molecule has 0 rings (SSSR count). The summed E-state index contributed by atoms with van der Waals surface area (Å²) in [4.78, 5) is 0. The van der Waals surface area contributed by atoms with Crippen molar-refractivity contribution in [2.45, 2.75) is 38.3 Å². The normalized spacial score (nSPS) is 13.2. The Bertz CT molecular complexity index is 169. The van der Waals surface area contributed by atoms with E-state index < -0.39 is 8.80 Å². The lowest BCUT2D eigenvalue weighted by Gasteiger charge is -2.25. The summed E-state index contributed by atoms with van der Waals surface area (Å²) < 4.78 is 11.4. The molecule has 0 amide bonds. The zero-order chi connectivity index (χ0) is 13.6. The molecule has 110 valence electrons. The van der Waals surface area contributed by atoms with E-state index in [0.717, 1.165) is 32.1 Å². The molecule has 0 saturated carbocycles. The quantitative estimate of drug-likeness (QED) is 0.252. The van der Waals surface area contributed by atoms with Gasteiger partial charge in [0, 0.05) is 26.3 Å². The average molecular weight is 277 g/mol. The Balaban J connectivity index is 3.98. The average Bonchev–Trinajstić information content (AvgIpc) is 2.37. The van der Waals surface area contributed by atoms with Crippen molar-refractivity contribution in [1.29, 1.82) is 0 Å². The van der Waals surface area contributed by atoms with Gasteiger partial charge in [-0.05, 0) is 39.4 Å². The van der Waals surface area contributed by atoms with Crippen LogP contribution in [0, 0.1) is 0 Å². The Morgan fingerprint density at radius 2 is 1.67 bits per heavy atom. The predicted molar refractivity (Wildman–Crippen MR) is 79.4 cm³/mol. The molecule has 0 aliphatic carbocycles. The first-order chi connectivity index (χ1) is 8.79. The van der Waals surface area contributed by atoms with Gasteiger partial charge in [0.1, 0.15) is 14.7 Å². The number of rotatable bonds is 13. The van der Waals surface area contributed by atoms with Gasteiger partial charge in [-0.25, -0.2) is 0 Å². The summed E-state index contributed by atoms with van der Waals surface area (Å²) in [6.45, 7) is 8.81. The molecule has 0 aromatic rings. The summed E-state index contributed by atoms with van der Waals surface area (Å²) in [6, 6.07) is 2.29. The maximum Gasteiger partial charge on any atom is 0.138 e. The van der Waals surface area contributed by atoms with E-state index in [0.29, 0.717) is 19.8 Å². The second-order valence-electron chi connectivity index (χ2n) is 4.30. The molecule has 0 fully saturated rings. The molecule has 6 heteroatoms. The standard InChI is InChI=1S/C12H31N3O2Si/c1-3-16-12(17-4-2)18(11-7-14)10-5-8-15-9-6-13/h12,15,18H,3-11,13-14H2,1-2H3. The number of nitrogens with one attached hydrogen (secondary N) is 1. The smallest absolute Gasteiger partial charge is 0.138 e. The van der Waals surface area contributed by atoms with E-state index >= 15 is 0 Å². The molecule has 0 spiro atoms. The molecular formula is C12H31N3O2Si. The SMILES string of the molecule is CCOC(OCC)[SiH](CCN)CCCNCCN. The minimum absolute atomic E-state index is 0.0260. The molecule has 0 aromatic carbocycles. The summed E-state index contributed by atoms with van der Waals surface area (Å²) in [6.07, 6.45) is 1.16. The Kier molecular flexibility index (Phi) is 13.5. The largest absolute Gasteiger partial charge is 0.357 e. The van der Waals surface area contributed by atoms with Crippen LogP contribution in [-0.2, 0) is 9.47 Å². The highest BCUT2D eigenvalue weighted by atomic mass is 28.3. The third-order valence-electron chi connectivity index (χ3n) is 2.83. The number of nitrogens with two attached hydrogens (primary N) is 2. The van der Waals surface area contributed by atoms with Gasteiger partial charge in [0.05, 0.1) is 0 Å². The molecule has 0 aliphatic heterocycles. The molecule has 0 saturated heterocycles. The second kappa shape index (κ2) is 13.4. The summed E-state index contributed by atoms with van der Waals surface area (Å²) >= 11 is 0. The van der Waals surface area contributed by atoms with Gasteiger partial charge >= 0.3 is 0 Å². The van der Waals surface area contributed by atoms with Crippen molar-refractivity contribution in [2.24, 2.45) is 11.5 Å². The van der Waals surface area contributed by atoms with Crippen LogP contribution < -0.4 is 16.8 Å². The van der Waals surface area contributed by atoms with Crippen LogP contribution in [0.2, 0.25) is 12.1 Å². The van der Waals surface area contributed by atoms with Gasteiger partial charge in [-0.2, -0.15) is 0 Å². The predicted octanol–water partition coefficient (Wildman–Crippen LogP) is 0.0489. The highest BCUT2D eigenvalue weighted by Crippen LogP contribution is 2.11. The van der Waals surface area contributed by atoms with Crippen molar-refractivity contribution < 1.29 is 9.47 Å². The van der Waals surface area contributed by atoms with Gasteiger partial charge < -0.3 is 26.3 Å². The van der Waals surface area contributed by atoms with E-state index in [1.165, 1.54) is 6.04 Å². The Labute approximate surface area is 113 Å². The Morgan fingerprint density at radius 3 is 2.17 bits per heavy atom. The fourth-order valence-electron chi connectivity index (χ4n) is 2.00. The van der Waals surface area contributed by atoms with Crippen LogP contribution in [0.5, 0.6) is 0 Å². The van der Waals surface area contributed by atoms with Crippen molar-refractivity contribution in [3.05, 3.63) is 0 Å². The number of ether oxygens (including phenoxy) is 2.